The third kappa shape index (κ3) is 1.22. The quantitative estimate of drug-likeness (QED) is 0.307. The molecule has 1 aromatic heterocycles. The van der Waals surface area contributed by atoms with E-state index < -0.39 is 5.23 Å². The van der Waals surface area contributed by atoms with Gasteiger partial charge < -0.3 is 5.21 Å². The van der Waals surface area contributed by atoms with Crippen molar-refractivity contribution in [2.75, 3.05) is 0 Å². The number of aromatic amines is 1. The molecule has 0 bridgehead atoms. The van der Waals surface area contributed by atoms with Gasteiger partial charge in [0.2, 0.25) is 0 Å². The Morgan fingerprint density at radius 2 is 2.56 bits per heavy atom. The number of nitrogens with zero attached hydrogens (tertiary/aromatic N) is 1. The topological polar surface area (TPSA) is 76.4 Å². The van der Waals surface area contributed by atoms with Crippen molar-refractivity contribution in [3.63, 3.8) is 0 Å². The van der Waals surface area contributed by atoms with E-state index in [1.165, 1.54) is 6.33 Å². The van der Waals surface area contributed by atoms with Crippen LogP contribution in [0.3, 0.4) is 0 Å². The summed E-state index contributed by atoms with van der Waals surface area (Å²) in [5.74, 6) is 0.0262. The third-order valence-corrected chi connectivity index (χ3v) is 1.17. The highest BCUT2D eigenvalue weighted by molar-refractivity contribution is 7.80. The fourth-order valence-electron chi connectivity index (χ4n) is 0.444. The van der Waals surface area contributed by atoms with Crippen LogP contribution in [0, 0.1) is 5.21 Å². The molecule has 6 heteroatoms. The number of hydrogen-bond acceptors (Lipinski definition) is 4. The molecule has 1 aromatic rings. The maximum atomic E-state index is 10.2. The van der Waals surface area contributed by atoms with Gasteiger partial charge in [-0.15, -0.1) is 12.6 Å². The first-order valence-electron chi connectivity index (χ1n) is 2.17. The molecule has 1 atom stereocenters. The predicted octanol–water partition coefficient (Wildman–Crippen LogP) is -0.898. The van der Waals surface area contributed by atoms with Crippen LogP contribution in [-0.2, 0) is 0 Å². The van der Waals surface area contributed by atoms with Crippen molar-refractivity contribution in [1.82, 2.24) is 9.97 Å². The summed E-state index contributed by atoms with van der Waals surface area (Å²) in [4.78, 5) is 5.98. The standard InChI is InChI=1S/C3H5N3O2S/c7-6(8)2-3(9)5-1-4-2/h1,6-7,9H,(H,4,5). The van der Waals surface area contributed by atoms with Gasteiger partial charge in [-0.25, -0.2) is 10.2 Å². The summed E-state index contributed by atoms with van der Waals surface area (Å²) < 4.78 is 0. The first-order chi connectivity index (χ1) is 4.22. The molecule has 0 saturated carbocycles. The average Bonchev–Trinajstić information content (AvgIpc) is 2.13. The lowest BCUT2D eigenvalue weighted by Crippen LogP contribution is -2.99. The van der Waals surface area contributed by atoms with Gasteiger partial charge in [0.25, 0.3) is 5.82 Å². The summed E-state index contributed by atoms with van der Waals surface area (Å²) >= 11 is 3.77. The van der Waals surface area contributed by atoms with Gasteiger partial charge in [0.05, 0.1) is 6.33 Å². The zero-order valence-corrected chi connectivity index (χ0v) is 5.22. The Morgan fingerprint density at radius 1 is 1.89 bits per heavy atom. The van der Waals surface area contributed by atoms with Gasteiger partial charge in [-0.3, -0.25) is 4.98 Å². The summed E-state index contributed by atoms with van der Waals surface area (Å²) in [6.07, 6.45) is 1.28. The molecule has 5 nitrogen and oxygen atoms in total. The van der Waals surface area contributed by atoms with E-state index in [9.17, 15) is 5.21 Å². The Balaban J connectivity index is 2.94. The molecule has 1 heterocycles. The molecule has 0 aliphatic heterocycles. The van der Waals surface area contributed by atoms with E-state index in [-0.39, 0.29) is 10.8 Å². The monoisotopic (exact) mass is 147 g/mol. The molecule has 1 rings (SSSR count). The van der Waals surface area contributed by atoms with Gasteiger partial charge in [-0.1, -0.05) is 0 Å². The largest absolute Gasteiger partial charge is 0.594 e. The number of H-pyrrole nitrogens is 1. The summed E-state index contributed by atoms with van der Waals surface area (Å²) in [7, 11) is 0. The van der Waals surface area contributed by atoms with Crippen LogP contribution in [-0.4, -0.2) is 15.2 Å². The third-order valence-electron chi connectivity index (χ3n) is 0.833. The number of nitrogens with one attached hydrogen (secondary N) is 2. The Hall–Kier alpha value is -0.560. The van der Waals surface area contributed by atoms with Crippen LogP contribution >= 0.6 is 12.6 Å². The van der Waals surface area contributed by atoms with Crippen LogP contribution in [0.15, 0.2) is 11.4 Å². The van der Waals surface area contributed by atoms with E-state index in [1.54, 1.807) is 0 Å². The van der Waals surface area contributed by atoms with Crippen molar-refractivity contribution in [2.45, 2.75) is 5.03 Å². The first-order valence-corrected chi connectivity index (χ1v) is 2.62. The fraction of sp³-hybridized carbons (Fsp3) is 0. The molecule has 9 heavy (non-hydrogen) atoms. The van der Waals surface area contributed by atoms with E-state index in [0.29, 0.717) is 0 Å². The molecular weight excluding hydrogens is 142 g/mol. The Labute approximate surface area is 56.3 Å². The SMILES string of the molecule is [O-][NH+](O)c1[nH]cnc1S. The van der Waals surface area contributed by atoms with E-state index in [1.807, 2.05) is 0 Å². The molecule has 0 radical (unpaired) electrons. The molecule has 1 unspecified atom stereocenters. The molecule has 0 spiro atoms. The second kappa shape index (κ2) is 2.36. The predicted molar refractivity (Wildman–Crippen MR) is 31.6 cm³/mol. The molecule has 0 aliphatic rings. The first kappa shape index (κ1) is 6.56. The molecule has 0 saturated heterocycles. The minimum absolute atomic E-state index is 0.0262. The normalized spacial score (nSPS) is 13.7. The Kier molecular flexibility index (Phi) is 1.72. The maximum Gasteiger partial charge on any atom is 0.270 e. The van der Waals surface area contributed by atoms with Crippen LogP contribution < -0.4 is 5.23 Å². The lowest BCUT2D eigenvalue weighted by atomic mass is 10.8. The van der Waals surface area contributed by atoms with Gasteiger partial charge in [0.1, 0.15) is 0 Å². The smallest absolute Gasteiger partial charge is 0.270 e. The van der Waals surface area contributed by atoms with Gasteiger partial charge in [0.15, 0.2) is 5.03 Å². The van der Waals surface area contributed by atoms with Crippen molar-refractivity contribution in [1.29, 1.82) is 0 Å². The van der Waals surface area contributed by atoms with Crippen LogP contribution in [0.1, 0.15) is 0 Å². The summed E-state index contributed by atoms with van der Waals surface area (Å²) in [6.45, 7) is 0. The molecule has 50 valence electrons. The minimum Gasteiger partial charge on any atom is -0.594 e. The van der Waals surface area contributed by atoms with E-state index in [4.69, 9.17) is 5.21 Å². The number of quaternary nitrogens is 1. The number of thiol groups is 1. The number of rotatable bonds is 1. The van der Waals surface area contributed by atoms with Gasteiger partial charge in [-0.05, 0) is 0 Å². The van der Waals surface area contributed by atoms with Gasteiger partial charge in [0, 0.05) is 0 Å². The summed E-state index contributed by atoms with van der Waals surface area (Å²) in [5.41, 5.74) is 0. The maximum absolute atomic E-state index is 10.2. The van der Waals surface area contributed by atoms with Crippen molar-refractivity contribution < 1.29 is 10.4 Å². The Bertz CT molecular complexity index is 199. The van der Waals surface area contributed by atoms with Crippen LogP contribution in [0.5, 0.6) is 0 Å². The van der Waals surface area contributed by atoms with Gasteiger partial charge >= 0.3 is 0 Å². The highest BCUT2D eigenvalue weighted by Gasteiger charge is 2.06. The van der Waals surface area contributed by atoms with Crippen LogP contribution in [0.25, 0.3) is 0 Å². The van der Waals surface area contributed by atoms with Crippen molar-refractivity contribution in [3.05, 3.63) is 11.5 Å². The summed E-state index contributed by atoms with van der Waals surface area (Å²) in [5, 5.41) is 17.7. The molecular formula is C3H5N3O2S. The second-order valence-corrected chi connectivity index (χ2v) is 1.83. The highest BCUT2D eigenvalue weighted by atomic mass is 32.1. The fourth-order valence-corrected chi connectivity index (χ4v) is 0.662. The average molecular weight is 147 g/mol. The van der Waals surface area contributed by atoms with Crippen LogP contribution in [0.2, 0.25) is 0 Å². The second-order valence-electron chi connectivity index (χ2n) is 1.41. The molecule has 3 N–H and O–H groups in total. The number of imidazole rings is 1. The lowest BCUT2D eigenvalue weighted by molar-refractivity contribution is -0.994. The number of hydrogen-bond donors (Lipinski definition) is 4. The minimum atomic E-state index is -1.04. The molecule has 0 aromatic carbocycles. The Morgan fingerprint density at radius 3 is 2.78 bits per heavy atom. The zero-order valence-electron chi connectivity index (χ0n) is 4.33. The molecule has 0 aliphatic carbocycles. The van der Waals surface area contributed by atoms with Crippen molar-refractivity contribution in [3.8, 4) is 0 Å². The number of aromatic nitrogens is 2. The van der Waals surface area contributed by atoms with Crippen molar-refractivity contribution >= 4 is 18.4 Å². The van der Waals surface area contributed by atoms with Crippen LogP contribution in [0.4, 0.5) is 5.82 Å². The van der Waals surface area contributed by atoms with Gasteiger partial charge in [-0.2, -0.15) is 5.23 Å². The van der Waals surface area contributed by atoms with E-state index >= 15 is 0 Å². The lowest BCUT2D eigenvalue weighted by Gasteiger charge is -2.07. The highest BCUT2D eigenvalue weighted by Crippen LogP contribution is 2.06. The van der Waals surface area contributed by atoms with E-state index in [0.717, 1.165) is 0 Å². The molecule has 0 amide bonds. The van der Waals surface area contributed by atoms with E-state index in [2.05, 4.69) is 22.6 Å². The van der Waals surface area contributed by atoms with Crippen molar-refractivity contribution in [2.24, 2.45) is 0 Å². The zero-order chi connectivity index (χ0) is 6.85. The summed E-state index contributed by atoms with van der Waals surface area (Å²) in [6, 6.07) is 0. The molecule has 0 fully saturated rings.